The van der Waals surface area contributed by atoms with E-state index in [0.29, 0.717) is 26.1 Å². The third-order valence-electron chi connectivity index (χ3n) is 5.36. The van der Waals surface area contributed by atoms with E-state index in [1.165, 1.54) is 0 Å². The molecule has 0 saturated heterocycles. The molecular formula is C22H27N3O4. The summed E-state index contributed by atoms with van der Waals surface area (Å²) in [6.45, 7) is 0.405. The number of ether oxygens (including phenoxy) is 2. The van der Waals surface area contributed by atoms with E-state index in [4.69, 9.17) is 15.0 Å². The lowest BCUT2D eigenvalue weighted by molar-refractivity contribution is -0.150. The maximum atomic E-state index is 10.8. The van der Waals surface area contributed by atoms with Crippen molar-refractivity contribution in [3.63, 3.8) is 0 Å². The molecule has 5 atom stereocenters. The molecule has 2 N–H and O–H groups in total. The number of azide groups is 1. The maximum absolute atomic E-state index is 10.8. The van der Waals surface area contributed by atoms with Gasteiger partial charge in [0.15, 0.2) is 0 Å². The summed E-state index contributed by atoms with van der Waals surface area (Å²) in [5.41, 5.74) is 10.9. The van der Waals surface area contributed by atoms with Crippen LogP contribution in [-0.2, 0) is 22.7 Å². The van der Waals surface area contributed by atoms with Crippen LogP contribution in [-0.4, -0.2) is 41.2 Å². The minimum atomic E-state index is -0.785. The van der Waals surface area contributed by atoms with Gasteiger partial charge in [0.1, 0.15) is 6.10 Å². The Hall–Kier alpha value is -2.41. The van der Waals surface area contributed by atoms with Crippen molar-refractivity contribution in [1.82, 2.24) is 0 Å². The lowest BCUT2D eigenvalue weighted by Gasteiger charge is -2.34. The van der Waals surface area contributed by atoms with Crippen molar-refractivity contribution in [2.24, 2.45) is 11.0 Å². The molecule has 3 rings (SSSR count). The van der Waals surface area contributed by atoms with Gasteiger partial charge in [-0.25, -0.2) is 0 Å². The standard InChI is InChI=1S/C22H27N3O4/c23-25-24-19-11-12-20(27)22(29-15-17-9-5-2-6-10-17)21(18(19)13-26)28-14-16-7-3-1-4-8-16/h1-10,18-22,26-27H,11-15H2/t18-,19+,20+,21+,22+/m0/s1. The van der Waals surface area contributed by atoms with Gasteiger partial charge >= 0.3 is 0 Å². The first kappa shape index (κ1) is 21.3. The molecule has 1 aliphatic carbocycles. The van der Waals surface area contributed by atoms with Gasteiger partial charge in [-0.05, 0) is 29.5 Å². The second kappa shape index (κ2) is 11.0. The molecule has 1 saturated carbocycles. The predicted octanol–water partition coefficient (Wildman–Crippen LogP) is 3.60. The first-order valence-corrected chi connectivity index (χ1v) is 9.87. The van der Waals surface area contributed by atoms with Crippen LogP contribution in [0.15, 0.2) is 65.8 Å². The summed E-state index contributed by atoms with van der Waals surface area (Å²) >= 11 is 0. The fraction of sp³-hybridized carbons (Fsp3) is 0.455. The van der Waals surface area contributed by atoms with Crippen molar-refractivity contribution in [2.45, 2.75) is 50.4 Å². The van der Waals surface area contributed by atoms with Crippen LogP contribution < -0.4 is 0 Å². The zero-order valence-electron chi connectivity index (χ0n) is 16.2. The number of hydrogen-bond acceptors (Lipinski definition) is 5. The van der Waals surface area contributed by atoms with Crippen LogP contribution >= 0.6 is 0 Å². The first-order chi connectivity index (χ1) is 14.2. The van der Waals surface area contributed by atoms with Crippen LogP contribution in [0.5, 0.6) is 0 Å². The van der Waals surface area contributed by atoms with E-state index in [9.17, 15) is 10.2 Å². The lowest BCUT2D eigenvalue weighted by Crippen LogP contribution is -2.46. The minimum absolute atomic E-state index is 0.221. The van der Waals surface area contributed by atoms with E-state index in [1.807, 2.05) is 60.7 Å². The largest absolute Gasteiger partial charge is 0.396 e. The summed E-state index contributed by atoms with van der Waals surface area (Å²) in [5, 5.41) is 24.7. The Labute approximate surface area is 170 Å². The number of rotatable bonds is 8. The minimum Gasteiger partial charge on any atom is -0.396 e. The van der Waals surface area contributed by atoms with Crippen molar-refractivity contribution in [1.29, 1.82) is 0 Å². The number of nitrogens with zero attached hydrogens (tertiary/aromatic N) is 3. The Morgan fingerprint density at radius 1 is 0.897 bits per heavy atom. The Morgan fingerprint density at radius 3 is 1.97 bits per heavy atom. The molecule has 0 bridgehead atoms. The van der Waals surface area contributed by atoms with Crippen molar-refractivity contribution in [2.75, 3.05) is 6.61 Å². The van der Waals surface area contributed by atoms with Gasteiger partial charge in [-0.15, -0.1) is 0 Å². The molecule has 0 amide bonds. The second-order valence-corrected chi connectivity index (χ2v) is 7.29. The number of aliphatic hydroxyl groups excluding tert-OH is 2. The molecule has 0 heterocycles. The molecule has 2 aromatic rings. The van der Waals surface area contributed by atoms with Gasteiger partial charge in [0, 0.05) is 23.5 Å². The van der Waals surface area contributed by atoms with E-state index in [1.54, 1.807) is 0 Å². The summed E-state index contributed by atoms with van der Waals surface area (Å²) in [6.07, 6.45) is -1.17. The quantitative estimate of drug-likeness (QED) is 0.307. The molecule has 7 heteroatoms. The Bertz CT molecular complexity index is 783. The molecule has 0 unspecified atom stereocenters. The zero-order chi connectivity index (χ0) is 20.5. The molecule has 0 radical (unpaired) electrons. The van der Waals surface area contributed by atoms with Crippen LogP contribution in [0.2, 0.25) is 0 Å². The van der Waals surface area contributed by atoms with Crippen molar-refractivity contribution in [3.8, 4) is 0 Å². The molecule has 1 aliphatic rings. The molecule has 154 valence electrons. The zero-order valence-corrected chi connectivity index (χ0v) is 16.2. The van der Waals surface area contributed by atoms with E-state index < -0.39 is 30.3 Å². The fourth-order valence-corrected chi connectivity index (χ4v) is 3.79. The maximum Gasteiger partial charge on any atom is 0.110 e. The normalized spacial score (nSPS) is 27.0. The molecular weight excluding hydrogens is 370 g/mol. The predicted molar refractivity (Wildman–Crippen MR) is 109 cm³/mol. The van der Waals surface area contributed by atoms with Crippen LogP contribution in [0.3, 0.4) is 0 Å². The smallest absolute Gasteiger partial charge is 0.110 e. The molecule has 29 heavy (non-hydrogen) atoms. The highest BCUT2D eigenvalue weighted by atomic mass is 16.5. The summed E-state index contributed by atoms with van der Waals surface area (Å²) in [7, 11) is 0. The highest BCUT2D eigenvalue weighted by Gasteiger charge is 2.42. The van der Waals surface area contributed by atoms with Gasteiger partial charge in [0.05, 0.1) is 25.4 Å². The summed E-state index contributed by atoms with van der Waals surface area (Å²) in [6, 6.07) is 18.9. The summed E-state index contributed by atoms with van der Waals surface area (Å²) in [4.78, 5) is 2.93. The van der Waals surface area contributed by atoms with Crippen LogP contribution in [0.1, 0.15) is 24.0 Å². The van der Waals surface area contributed by atoms with Gasteiger partial charge in [-0.1, -0.05) is 65.8 Å². The molecule has 7 nitrogen and oxygen atoms in total. The third kappa shape index (κ3) is 5.79. The summed E-state index contributed by atoms with van der Waals surface area (Å²) < 4.78 is 12.3. The third-order valence-corrected chi connectivity index (χ3v) is 5.36. The van der Waals surface area contributed by atoms with Crippen molar-refractivity contribution in [3.05, 3.63) is 82.2 Å². The Balaban J connectivity index is 1.82. The van der Waals surface area contributed by atoms with Gasteiger partial charge in [0.2, 0.25) is 0 Å². The van der Waals surface area contributed by atoms with Gasteiger partial charge < -0.3 is 19.7 Å². The molecule has 2 aromatic carbocycles. The monoisotopic (exact) mass is 397 g/mol. The molecule has 0 aromatic heterocycles. The number of hydrogen-bond donors (Lipinski definition) is 2. The van der Waals surface area contributed by atoms with Crippen molar-refractivity contribution < 1.29 is 19.7 Å². The van der Waals surface area contributed by atoms with Crippen LogP contribution in [0.25, 0.3) is 10.4 Å². The lowest BCUT2D eigenvalue weighted by atomic mass is 9.92. The fourth-order valence-electron chi connectivity index (χ4n) is 3.79. The van der Waals surface area contributed by atoms with Gasteiger partial charge in [0.25, 0.3) is 0 Å². The molecule has 0 spiro atoms. The Morgan fingerprint density at radius 2 is 1.45 bits per heavy atom. The SMILES string of the molecule is [N-]=[N+]=N[C@@H]1CC[C@@H](O)[C@@H](OCc2ccccc2)[C@H](OCc2ccccc2)[C@H]1CO. The average Bonchev–Trinajstić information content (AvgIpc) is 2.88. The number of benzene rings is 2. The van der Waals surface area contributed by atoms with Gasteiger partial charge in [-0.2, -0.15) is 0 Å². The van der Waals surface area contributed by atoms with E-state index >= 15 is 0 Å². The Kier molecular flexibility index (Phi) is 8.04. The molecule has 0 aliphatic heterocycles. The van der Waals surface area contributed by atoms with Gasteiger partial charge in [-0.3, -0.25) is 0 Å². The average molecular weight is 397 g/mol. The van der Waals surface area contributed by atoms with E-state index in [0.717, 1.165) is 11.1 Å². The van der Waals surface area contributed by atoms with Crippen molar-refractivity contribution >= 4 is 0 Å². The highest BCUT2D eigenvalue weighted by Crippen LogP contribution is 2.32. The summed E-state index contributed by atoms with van der Waals surface area (Å²) in [5.74, 6) is -0.465. The van der Waals surface area contributed by atoms with E-state index in [-0.39, 0.29) is 6.61 Å². The topological polar surface area (TPSA) is 108 Å². The second-order valence-electron chi connectivity index (χ2n) is 7.29. The molecule has 1 fully saturated rings. The number of aliphatic hydroxyl groups is 2. The highest BCUT2D eigenvalue weighted by molar-refractivity contribution is 5.14. The van der Waals surface area contributed by atoms with Crippen LogP contribution in [0, 0.1) is 5.92 Å². The first-order valence-electron chi connectivity index (χ1n) is 9.87. The van der Waals surface area contributed by atoms with E-state index in [2.05, 4.69) is 10.0 Å². The van der Waals surface area contributed by atoms with Crippen LogP contribution in [0.4, 0.5) is 0 Å².